The molecule has 8 heteroatoms. The molecule has 0 fully saturated rings. The molecule has 0 aliphatic rings. The van der Waals surface area contributed by atoms with Gasteiger partial charge in [-0.3, -0.25) is 9.59 Å². The van der Waals surface area contributed by atoms with E-state index in [1.165, 1.54) is 43.1 Å². The van der Waals surface area contributed by atoms with Crippen molar-refractivity contribution >= 4 is 21.9 Å². The number of carboxylic acids is 1. The lowest BCUT2D eigenvalue weighted by molar-refractivity contribution is -0.141. The van der Waals surface area contributed by atoms with Crippen molar-refractivity contribution in [3.63, 3.8) is 0 Å². The van der Waals surface area contributed by atoms with E-state index in [2.05, 4.69) is 4.72 Å². The van der Waals surface area contributed by atoms with E-state index < -0.39 is 21.9 Å². The molecular weight excluding hydrogens is 332 g/mol. The molecule has 2 N–H and O–H groups in total. The molecule has 0 saturated heterocycles. The Kier molecular flexibility index (Phi) is 6.92. The second kappa shape index (κ2) is 8.25. The number of carbonyl (C=O) groups excluding carboxylic acids is 1. The third kappa shape index (κ3) is 5.61. The zero-order valence-electron chi connectivity index (χ0n) is 14.3. The quantitative estimate of drug-likeness (QED) is 0.733. The molecule has 1 aromatic rings. The third-order valence-electron chi connectivity index (χ3n) is 3.41. The number of nitrogens with zero attached hydrogens (tertiary/aromatic N) is 1. The van der Waals surface area contributed by atoms with Crippen molar-refractivity contribution in [3.8, 4) is 0 Å². The van der Waals surface area contributed by atoms with Crippen LogP contribution in [0.1, 0.15) is 31.1 Å². The summed E-state index contributed by atoms with van der Waals surface area (Å²) in [4.78, 5) is 24.5. The van der Waals surface area contributed by atoms with Gasteiger partial charge in [0.25, 0.3) is 5.91 Å². The average molecular weight is 356 g/mol. The van der Waals surface area contributed by atoms with Crippen molar-refractivity contribution in [2.24, 2.45) is 11.8 Å². The minimum Gasteiger partial charge on any atom is -0.481 e. The van der Waals surface area contributed by atoms with Gasteiger partial charge in [-0.15, -0.1) is 0 Å². The lowest BCUT2D eigenvalue weighted by Crippen LogP contribution is -2.33. The van der Waals surface area contributed by atoms with Gasteiger partial charge in [0.15, 0.2) is 0 Å². The first-order valence-electron chi connectivity index (χ1n) is 7.62. The van der Waals surface area contributed by atoms with E-state index in [0.29, 0.717) is 12.1 Å². The summed E-state index contributed by atoms with van der Waals surface area (Å²) >= 11 is 0. The topological polar surface area (TPSA) is 104 Å². The first-order valence-corrected chi connectivity index (χ1v) is 9.11. The van der Waals surface area contributed by atoms with Gasteiger partial charge in [0.2, 0.25) is 10.0 Å². The third-order valence-corrected chi connectivity index (χ3v) is 4.85. The largest absolute Gasteiger partial charge is 0.481 e. The highest BCUT2D eigenvalue weighted by molar-refractivity contribution is 7.89. The van der Waals surface area contributed by atoms with Crippen LogP contribution in [0.5, 0.6) is 0 Å². The normalized spacial score (nSPS) is 12.9. The highest BCUT2D eigenvalue weighted by atomic mass is 32.2. The summed E-state index contributed by atoms with van der Waals surface area (Å²) in [5, 5.41) is 8.89. The number of sulfonamides is 1. The molecule has 0 bridgehead atoms. The molecule has 1 unspecified atom stereocenters. The minimum atomic E-state index is -3.60. The van der Waals surface area contributed by atoms with Crippen LogP contribution in [0.2, 0.25) is 0 Å². The molecule has 0 spiro atoms. The molecule has 24 heavy (non-hydrogen) atoms. The smallest absolute Gasteiger partial charge is 0.308 e. The van der Waals surface area contributed by atoms with Gasteiger partial charge in [0, 0.05) is 25.7 Å². The van der Waals surface area contributed by atoms with E-state index in [4.69, 9.17) is 5.11 Å². The highest BCUT2D eigenvalue weighted by Gasteiger charge is 2.20. The Morgan fingerprint density at radius 3 is 2.17 bits per heavy atom. The van der Waals surface area contributed by atoms with Gasteiger partial charge < -0.3 is 10.0 Å². The summed E-state index contributed by atoms with van der Waals surface area (Å²) in [5.41, 5.74) is 0.304. The Morgan fingerprint density at radius 1 is 1.17 bits per heavy atom. The molecule has 1 amide bonds. The van der Waals surface area contributed by atoms with Gasteiger partial charge in [-0.25, -0.2) is 13.1 Å². The van der Waals surface area contributed by atoms with Crippen molar-refractivity contribution in [2.45, 2.75) is 25.7 Å². The lowest BCUT2D eigenvalue weighted by Gasteiger charge is -2.19. The van der Waals surface area contributed by atoms with Crippen LogP contribution in [-0.2, 0) is 14.8 Å². The van der Waals surface area contributed by atoms with E-state index in [1.807, 2.05) is 13.8 Å². The Morgan fingerprint density at radius 2 is 1.71 bits per heavy atom. The molecule has 0 aliphatic heterocycles. The number of aliphatic carboxylic acids is 1. The van der Waals surface area contributed by atoms with Crippen LogP contribution in [0.15, 0.2) is 29.2 Å². The Labute approximate surface area is 142 Å². The Bertz CT molecular complexity index is 683. The van der Waals surface area contributed by atoms with Crippen LogP contribution < -0.4 is 4.72 Å². The highest BCUT2D eigenvalue weighted by Crippen LogP contribution is 2.13. The Hall–Kier alpha value is -1.93. The van der Waals surface area contributed by atoms with E-state index in [-0.39, 0.29) is 23.3 Å². The van der Waals surface area contributed by atoms with E-state index in [9.17, 15) is 18.0 Å². The van der Waals surface area contributed by atoms with Crippen LogP contribution in [0.3, 0.4) is 0 Å². The van der Waals surface area contributed by atoms with Gasteiger partial charge in [-0.2, -0.15) is 0 Å². The summed E-state index contributed by atoms with van der Waals surface area (Å²) in [6.45, 7) is 5.72. The summed E-state index contributed by atoms with van der Waals surface area (Å²) in [7, 11) is -2.09. The van der Waals surface area contributed by atoms with Crippen LogP contribution >= 0.6 is 0 Å². The number of nitrogens with one attached hydrogen (secondary N) is 1. The molecule has 1 atom stereocenters. The van der Waals surface area contributed by atoms with Crippen LogP contribution in [0.25, 0.3) is 0 Å². The first kappa shape index (κ1) is 20.1. The first-order chi connectivity index (χ1) is 11.0. The molecule has 0 heterocycles. The monoisotopic (exact) mass is 356 g/mol. The fourth-order valence-corrected chi connectivity index (χ4v) is 3.14. The average Bonchev–Trinajstić information content (AvgIpc) is 2.52. The molecular formula is C16H24N2O5S. The minimum absolute atomic E-state index is 0.0736. The number of rotatable bonds is 8. The van der Waals surface area contributed by atoms with Crippen molar-refractivity contribution in [2.75, 3.05) is 20.1 Å². The van der Waals surface area contributed by atoms with Crippen molar-refractivity contribution in [1.29, 1.82) is 0 Å². The standard InChI is InChI=1S/C16H24N2O5S/c1-11(2)9-17-24(22,23)14-7-5-13(6-8-14)15(19)18(4)10-12(3)16(20)21/h5-8,11-12,17H,9-10H2,1-4H3,(H,20,21). The van der Waals surface area contributed by atoms with Crippen LogP contribution in [-0.4, -0.2) is 50.4 Å². The predicted molar refractivity (Wildman–Crippen MR) is 90.2 cm³/mol. The number of amides is 1. The van der Waals surface area contributed by atoms with Crippen molar-refractivity contribution in [1.82, 2.24) is 9.62 Å². The zero-order valence-corrected chi connectivity index (χ0v) is 15.1. The maximum absolute atomic E-state index is 12.2. The molecule has 0 aromatic heterocycles. The molecule has 0 saturated carbocycles. The Balaban J connectivity index is 2.83. The van der Waals surface area contributed by atoms with Gasteiger partial charge in [-0.05, 0) is 30.2 Å². The lowest BCUT2D eigenvalue weighted by atomic mass is 10.1. The van der Waals surface area contributed by atoms with Crippen molar-refractivity contribution < 1.29 is 23.1 Å². The molecule has 134 valence electrons. The fourth-order valence-electron chi connectivity index (χ4n) is 1.93. The van der Waals surface area contributed by atoms with Crippen LogP contribution in [0, 0.1) is 11.8 Å². The number of hydrogen-bond donors (Lipinski definition) is 2. The van der Waals surface area contributed by atoms with Crippen LogP contribution in [0.4, 0.5) is 0 Å². The second-order valence-corrected chi connectivity index (χ2v) is 7.96. The summed E-state index contributed by atoms with van der Waals surface area (Å²) < 4.78 is 26.7. The maximum atomic E-state index is 12.2. The SMILES string of the molecule is CC(C)CNS(=O)(=O)c1ccc(C(=O)N(C)CC(C)C(=O)O)cc1. The number of hydrogen-bond acceptors (Lipinski definition) is 4. The van der Waals surface area contributed by atoms with E-state index >= 15 is 0 Å². The summed E-state index contributed by atoms with van der Waals surface area (Å²) in [6, 6.07) is 5.58. The number of carboxylic acid groups (broad SMARTS) is 1. The van der Waals surface area contributed by atoms with Gasteiger partial charge >= 0.3 is 5.97 Å². The van der Waals surface area contributed by atoms with Gasteiger partial charge in [-0.1, -0.05) is 20.8 Å². The maximum Gasteiger partial charge on any atom is 0.308 e. The molecule has 7 nitrogen and oxygen atoms in total. The molecule has 1 rings (SSSR count). The molecule has 1 aromatic carbocycles. The molecule has 0 radical (unpaired) electrons. The molecule has 0 aliphatic carbocycles. The fraction of sp³-hybridized carbons (Fsp3) is 0.500. The van der Waals surface area contributed by atoms with Crippen molar-refractivity contribution in [3.05, 3.63) is 29.8 Å². The zero-order chi connectivity index (χ0) is 18.5. The second-order valence-electron chi connectivity index (χ2n) is 6.20. The number of carbonyl (C=O) groups is 2. The summed E-state index contributed by atoms with van der Waals surface area (Å²) in [5.74, 6) is -1.83. The van der Waals surface area contributed by atoms with Gasteiger partial charge in [0.1, 0.15) is 0 Å². The summed E-state index contributed by atoms with van der Waals surface area (Å²) in [6.07, 6.45) is 0. The van der Waals surface area contributed by atoms with E-state index in [0.717, 1.165) is 0 Å². The van der Waals surface area contributed by atoms with E-state index in [1.54, 1.807) is 0 Å². The van der Waals surface area contributed by atoms with Gasteiger partial charge in [0.05, 0.1) is 10.8 Å². The predicted octanol–water partition coefficient (Wildman–Crippen LogP) is 1.41. The number of benzene rings is 1.